The maximum Gasteiger partial charge on any atom is 0.0475 e. The first-order valence-corrected chi connectivity index (χ1v) is 4.83. The third-order valence-corrected chi connectivity index (χ3v) is 2.77. The minimum Gasteiger partial charge on any atom is -0.369 e. The summed E-state index contributed by atoms with van der Waals surface area (Å²) in [4.78, 5) is 2.35. The molecule has 0 aromatic carbocycles. The smallest absolute Gasteiger partial charge is 0.0475 e. The molecular weight excluding hydrogens is 156 g/mol. The molecule has 0 radical (unpaired) electrons. The van der Waals surface area contributed by atoms with Crippen molar-refractivity contribution in [3.63, 3.8) is 0 Å². The predicted molar refractivity (Wildman–Crippen MR) is 49.1 cm³/mol. The van der Waals surface area contributed by atoms with Crippen molar-refractivity contribution in [2.24, 2.45) is 5.73 Å². The Labute approximate surface area is 70.6 Å². The maximum atomic E-state index is 5.79. The van der Waals surface area contributed by atoms with Crippen LogP contribution in [0.5, 0.6) is 0 Å². The molecule has 1 atom stereocenters. The second-order valence-electron chi connectivity index (χ2n) is 2.98. The number of nitrogens with zero attached hydrogens (tertiary/aromatic N) is 1. The van der Waals surface area contributed by atoms with E-state index in [0.29, 0.717) is 6.04 Å². The molecule has 1 fully saturated rings. The Morgan fingerprint density at radius 3 is 3.09 bits per heavy atom. The first-order valence-electron chi connectivity index (χ1n) is 3.89. The van der Waals surface area contributed by atoms with Crippen LogP contribution in [0.4, 0.5) is 5.69 Å². The molecule has 1 aromatic heterocycles. The summed E-state index contributed by atoms with van der Waals surface area (Å²) in [6.07, 6.45) is 1.13. The zero-order valence-corrected chi connectivity index (χ0v) is 7.18. The molecule has 11 heavy (non-hydrogen) atoms. The topological polar surface area (TPSA) is 29.3 Å². The molecule has 0 saturated carbocycles. The lowest BCUT2D eigenvalue weighted by atomic mass is 10.3. The van der Waals surface area contributed by atoms with Crippen molar-refractivity contribution in [2.75, 3.05) is 18.0 Å². The molecule has 2 rings (SSSR count). The van der Waals surface area contributed by atoms with Crippen molar-refractivity contribution in [3.8, 4) is 0 Å². The molecule has 3 heteroatoms. The number of nitrogens with two attached hydrogens (primary N) is 1. The summed E-state index contributed by atoms with van der Waals surface area (Å²) in [6.45, 7) is 2.15. The van der Waals surface area contributed by atoms with E-state index in [1.165, 1.54) is 5.69 Å². The Hall–Kier alpha value is -0.540. The average Bonchev–Trinajstić information content (AvgIpc) is 2.55. The molecular formula is C8H12N2S. The maximum absolute atomic E-state index is 5.79. The van der Waals surface area contributed by atoms with E-state index in [1.807, 2.05) is 0 Å². The van der Waals surface area contributed by atoms with Crippen LogP contribution in [0, 0.1) is 0 Å². The van der Waals surface area contributed by atoms with Gasteiger partial charge in [-0.2, -0.15) is 11.3 Å². The van der Waals surface area contributed by atoms with Crippen LogP contribution < -0.4 is 10.6 Å². The largest absolute Gasteiger partial charge is 0.369 e. The highest BCUT2D eigenvalue weighted by molar-refractivity contribution is 7.08. The molecule has 1 unspecified atom stereocenters. The van der Waals surface area contributed by atoms with E-state index in [2.05, 4.69) is 21.7 Å². The van der Waals surface area contributed by atoms with Crippen LogP contribution in [0.2, 0.25) is 0 Å². The predicted octanol–water partition coefficient (Wildman–Crippen LogP) is 1.29. The van der Waals surface area contributed by atoms with Gasteiger partial charge in [0.15, 0.2) is 0 Å². The monoisotopic (exact) mass is 168 g/mol. The van der Waals surface area contributed by atoms with Gasteiger partial charge in [0.2, 0.25) is 0 Å². The molecule has 1 aromatic rings. The minimum atomic E-state index is 0.384. The van der Waals surface area contributed by atoms with E-state index < -0.39 is 0 Å². The van der Waals surface area contributed by atoms with Crippen molar-refractivity contribution in [1.29, 1.82) is 0 Å². The van der Waals surface area contributed by atoms with Crippen molar-refractivity contribution >= 4 is 17.0 Å². The van der Waals surface area contributed by atoms with Crippen molar-refractivity contribution < 1.29 is 0 Å². The van der Waals surface area contributed by atoms with Gasteiger partial charge in [0, 0.05) is 30.2 Å². The van der Waals surface area contributed by atoms with Gasteiger partial charge < -0.3 is 10.6 Å². The minimum absolute atomic E-state index is 0.384. The second kappa shape index (κ2) is 2.83. The lowest BCUT2D eigenvalue weighted by Crippen LogP contribution is -2.25. The van der Waals surface area contributed by atoms with Gasteiger partial charge in [-0.3, -0.25) is 0 Å². The Bertz CT molecular complexity index is 220. The molecule has 1 saturated heterocycles. The zero-order valence-electron chi connectivity index (χ0n) is 6.36. The molecule has 2 N–H and O–H groups in total. The zero-order chi connectivity index (χ0) is 7.68. The molecule has 2 nitrogen and oxygen atoms in total. The van der Waals surface area contributed by atoms with Crippen molar-refractivity contribution in [3.05, 3.63) is 16.8 Å². The van der Waals surface area contributed by atoms with Crippen LogP contribution in [-0.4, -0.2) is 19.1 Å². The third-order valence-electron chi connectivity index (χ3n) is 2.10. The summed E-state index contributed by atoms with van der Waals surface area (Å²) in [7, 11) is 0. The van der Waals surface area contributed by atoms with E-state index in [-0.39, 0.29) is 0 Å². The number of hydrogen-bond acceptors (Lipinski definition) is 3. The van der Waals surface area contributed by atoms with Crippen LogP contribution in [0.1, 0.15) is 6.42 Å². The molecule has 0 aliphatic carbocycles. The van der Waals surface area contributed by atoms with Gasteiger partial charge in [-0.05, 0) is 17.9 Å². The molecule has 2 heterocycles. The standard InChI is InChI=1S/C8H12N2S/c9-7-1-3-10(5-7)8-2-4-11-6-8/h2,4,6-7H,1,3,5,9H2. The Morgan fingerprint density at radius 1 is 1.64 bits per heavy atom. The average molecular weight is 168 g/mol. The number of rotatable bonds is 1. The van der Waals surface area contributed by atoms with Gasteiger partial charge in [0.05, 0.1) is 0 Å². The summed E-state index contributed by atoms with van der Waals surface area (Å²) < 4.78 is 0. The fraction of sp³-hybridized carbons (Fsp3) is 0.500. The fourth-order valence-corrected chi connectivity index (χ4v) is 2.12. The Balaban J connectivity index is 2.08. The van der Waals surface area contributed by atoms with Crippen molar-refractivity contribution in [1.82, 2.24) is 0 Å². The first-order chi connectivity index (χ1) is 5.36. The van der Waals surface area contributed by atoms with Gasteiger partial charge in [0.25, 0.3) is 0 Å². The quantitative estimate of drug-likeness (QED) is 0.684. The molecule has 0 amide bonds. The highest BCUT2D eigenvalue weighted by atomic mass is 32.1. The van der Waals surface area contributed by atoms with Gasteiger partial charge in [-0.1, -0.05) is 0 Å². The van der Waals surface area contributed by atoms with E-state index in [4.69, 9.17) is 5.73 Å². The molecule has 1 aliphatic rings. The van der Waals surface area contributed by atoms with Crippen LogP contribution in [-0.2, 0) is 0 Å². The van der Waals surface area contributed by atoms with E-state index in [9.17, 15) is 0 Å². The van der Waals surface area contributed by atoms with Crippen LogP contribution >= 0.6 is 11.3 Å². The van der Waals surface area contributed by atoms with Crippen LogP contribution in [0.3, 0.4) is 0 Å². The lowest BCUT2D eigenvalue weighted by Gasteiger charge is -2.14. The first kappa shape index (κ1) is 7.13. The summed E-state index contributed by atoms with van der Waals surface area (Å²) in [5.41, 5.74) is 7.13. The summed E-state index contributed by atoms with van der Waals surface area (Å²) in [6, 6.07) is 2.54. The fourth-order valence-electron chi connectivity index (χ4n) is 1.46. The summed E-state index contributed by atoms with van der Waals surface area (Å²) in [5.74, 6) is 0. The molecule has 0 spiro atoms. The van der Waals surface area contributed by atoms with E-state index in [0.717, 1.165) is 19.5 Å². The number of anilines is 1. The Morgan fingerprint density at radius 2 is 2.55 bits per heavy atom. The highest BCUT2D eigenvalue weighted by Crippen LogP contribution is 2.21. The van der Waals surface area contributed by atoms with Gasteiger partial charge >= 0.3 is 0 Å². The van der Waals surface area contributed by atoms with E-state index >= 15 is 0 Å². The number of hydrogen-bond donors (Lipinski definition) is 1. The SMILES string of the molecule is NC1CCN(c2ccsc2)C1. The molecule has 1 aliphatic heterocycles. The summed E-state index contributed by atoms with van der Waals surface area (Å²) >= 11 is 1.75. The molecule has 0 bridgehead atoms. The van der Waals surface area contributed by atoms with Crippen LogP contribution in [0.25, 0.3) is 0 Å². The highest BCUT2D eigenvalue weighted by Gasteiger charge is 2.18. The third kappa shape index (κ3) is 1.39. The van der Waals surface area contributed by atoms with Crippen molar-refractivity contribution in [2.45, 2.75) is 12.5 Å². The lowest BCUT2D eigenvalue weighted by molar-refractivity contribution is 0.752. The van der Waals surface area contributed by atoms with Gasteiger partial charge in [0.1, 0.15) is 0 Å². The van der Waals surface area contributed by atoms with Gasteiger partial charge in [-0.25, -0.2) is 0 Å². The number of thiophene rings is 1. The second-order valence-corrected chi connectivity index (χ2v) is 3.76. The van der Waals surface area contributed by atoms with Gasteiger partial charge in [-0.15, -0.1) is 0 Å². The normalized spacial score (nSPS) is 24.5. The Kier molecular flexibility index (Phi) is 1.84. The summed E-state index contributed by atoms with van der Waals surface area (Å²) in [5, 5.41) is 4.29. The van der Waals surface area contributed by atoms with E-state index in [1.54, 1.807) is 11.3 Å². The molecule has 60 valence electrons. The van der Waals surface area contributed by atoms with Crippen LogP contribution in [0.15, 0.2) is 16.8 Å².